The Morgan fingerprint density at radius 2 is 1.26 bits per heavy atom. The van der Waals surface area contributed by atoms with Crippen LogP contribution in [0, 0.1) is 12.1 Å². The van der Waals surface area contributed by atoms with E-state index < -0.39 is 0 Å². The molecule has 7 heteroatoms. The fraction of sp³-hybridized carbons (Fsp3) is 0.0784. The Labute approximate surface area is 349 Å². The molecule has 0 atom stereocenters. The van der Waals surface area contributed by atoms with Crippen molar-refractivity contribution in [2.75, 3.05) is 0 Å². The van der Waals surface area contributed by atoms with Crippen molar-refractivity contribution in [3.05, 3.63) is 182 Å². The standard InChI is InChI=1S/C51H36N5O.Pt/c1-51(2,3)47-30-35-31-49(53-47)54-32-55(45-25-12-11-24-44(45)54)50-36(33-15-5-4-6-16-33)20-13-21-41(50)37-17-7-8-18-38(37)42-22-14-26-48(52-42)56-43-23-10-9-19-39(43)40-28-27-34(57-35)29-46(40)56;/h4-28,30,32H,1-3H3;/q-3;. The van der Waals surface area contributed by atoms with Gasteiger partial charge in [0, 0.05) is 43.9 Å². The molecule has 0 unspecified atom stereocenters. The van der Waals surface area contributed by atoms with E-state index in [1.807, 2.05) is 12.1 Å². The summed E-state index contributed by atoms with van der Waals surface area (Å²) in [6.07, 6.45) is 2.15. The van der Waals surface area contributed by atoms with Gasteiger partial charge in [0.15, 0.2) is 0 Å². The smallest absolute Gasteiger partial charge is 0.136 e. The molecule has 4 aromatic heterocycles. The van der Waals surface area contributed by atoms with Crippen LogP contribution in [0.15, 0.2) is 168 Å². The minimum atomic E-state index is -0.272. The van der Waals surface area contributed by atoms with E-state index in [2.05, 4.69) is 198 Å². The second kappa shape index (κ2) is 13.8. The maximum Gasteiger partial charge on any atom is 0.136 e. The van der Waals surface area contributed by atoms with Gasteiger partial charge in [-0.1, -0.05) is 148 Å². The fourth-order valence-electron chi connectivity index (χ4n) is 8.26. The average Bonchev–Trinajstić information content (AvgIpc) is 3.79. The first kappa shape index (κ1) is 35.8. The predicted molar refractivity (Wildman–Crippen MR) is 233 cm³/mol. The van der Waals surface area contributed by atoms with Crippen molar-refractivity contribution < 1.29 is 25.5 Å². The Bertz CT molecular complexity index is 3460. The quantitative estimate of drug-likeness (QED) is 0.154. The number of para-hydroxylation sites is 4. The normalized spacial score (nSPS) is 11.9. The van der Waals surface area contributed by atoms with E-state index >= 15 is 0 Å². The number of nitrogens with zero attached hydrogens (tertiary/aromatic N) is 5. The molecule has 0 radical (unpaired) electrons. The third-order valence-corrected chi connectivity index (χ3v) is 11.0. The van der Waals surface area contributed by atoms with E-state index in [0.29, 0.717) is 16.8 Å². The van der Waals surface area contributed by atoms with Crippen LogP contribution >= 0.6 is 0 Å². The number of fused-ring (bicyclic) bond motifs is 20. The monoisotopic (exact) mass is 929 g/mol. The summed E-state index contributed by atoms with van der Waals surface area (Å²) in [5.41, 5.74) is 11.3. The van der Waals surface area contributed by atoms with Crippen molar-refractivity contribution >= 4 is 71.5 Å². The van der Waals surface area contributed by atoms with Crippen LogP contribution < -0.4 is 0 Å². The fourth-order valence-corrected chi connectivity index (χ4v) is 8.26. The molecular formula is C51H36N5OPt-3. The van der Waals surface area contributed by atoms with Gasteiger partial charge in [-0.25, -0.2) is 11.1 Å². The van der Waals surface area contributed by atoms with Crippen LogP contribution in [0.4, 0.5) is 0 Å². The van der Waals surface area contributed by atoms with E-state index in [1.165, 1.54) is 0 Å². The van der Waals surface area contributed by atoms with E-state index in [0.717, 1.165) is 82.8 Å². The molecule has 0 amide bonds. The van der Waals surface area contributed by atoms with E-state index in [9.17, 15) is 0 Å². The summed E-state index contributed by atoms with van der Waals surface area (Å²) in [5, 5.41) is 5.37. The molecule has 5 heterocycles. The van der Waals surface area contributed by atoms with Gasteiger partial charge in [0.2, 0.25) is 0 Å². The third-order valence-electron chi connectivity index (χ3n) is 11.0. The van der Waals surface area contributed by atoms with Gasteiger partial charge in [-0.15, -0.1) is 23.6 Å². The first-order chi connectivity index (χ1) is 27.9. The number of rotatable bonds is 1. The molecule has 1 aliphatic heterocycles. The Hall–Kier alpha value is -6.62. The Balaban J connectivity index is 0.00000408. The second-order valence-electron chi connectivity index (χ2n) is 15.6. The van der Waals surface area contributed by atoms with Gasteiger partial charge in [-0.2, -0.15) is 6.07 Å². The van der Waals surface area contributed by atoms with Crippen LogP contribution in [0.3, 0.4) is 0 Å². The number of pyridine rings is 2. The third kappa shape index (κ3) is 5.78. The summed E-state index contributed by atoms with van der Waals surface area (Å²) in [4.78, 5) is 10.7. The Morgan fingerprint density at radius 3 is 2.07 bits per heavy atom. The van der Waals surface area contributed by atoms with E-state index in [1.54, 1.807) is 0 Å². The van der Waals surface area contributed by atoms with Crippen molar-refractivity contribution in [2.24, 2.45) is 0 Å². The summed E-state index contributed by atoms with van der Waals surface area (Å²) >= 11 is 0. The molecule has 10 aromatic rings. The minimum absolute atomic E-state index is 0. The maximum absolute atomic E-state index is 6.75. The maximum atomic E-state index is 6.75. The first-order valence-electron chi connectivity index (χ1n) is 19.3. The molecule has 0 N–H and O–H groups in total. The molecule has 1 aliphatic rings. The van der Waals surface area contributed by atoms with Crippen LogP contribution in [-0.2, 0) is 26.5 Å². The van der Waals surface area contributed by atoms with Gasteiger partial charge in [0.1, 0.15) is 5.65 Å². The number of hydrogen-bond donors (Lipinski definition) is 0. The number of hydrogen-bond acceptors (Lipinski definition) is 3. The second-order valence-corrected chi connectivity index (χ2v) is 15.6. The van der Waals surface area contributed by atoms with Gasteiger partial charge < -0.3 is 22.9 Å². The molecule has 0 spiro atoms. The van der Waals surface area contributed by atoms with Crippen molar-refractivity contribution in [2.45, 2.75) is 26.2 Å². The van der Waals surface area contributed by atoms with Crippen LogP contribution in [-0.4, -0.2) is 23.5 Å². The first-order valence-corrected chi connectivity index (χ1v) is 19.3. The molecule has 8 bridgehead atoms. The Morgan fingerprint density at radius 1 is 0.569 bits per heavy atom. The summed E-state index contributed by atoms with van der Waals surface area (Å²) in [7, 11) is 0. The van der Waals surface area contributed by atoms with E-state index in [4.69, 9.17) is 14.4 Å². The molecule has 284 valence electrons. The summed E-state index contributed by atoms with van der Waals surface area (Å²) < 4.78 is 13.4. The molecule has 11 rings (SSSR count). The molecule has 58 heavy (non-hydrogen) atoms. The Kier molecular flexibility index (Phi) is 8.50. The van der Waals surface area contributed by atoms with Gasteiger partial charge in [-0.3, -0.25) is 0 Å². The van der Waals surface area contributed by atoms with Crippen molar-refractivity contribution in [1.82, 2.24) is 23.5 Å². The molecule has 0 saturated heterocycles. The zero-order valence-electron chi connectivity index (χ0n) is 32.0. The summed E-state index contributed by atoms with van der Waals surface area (Å²) in [6, 6.07) is 62.3. The van der Waals surface area contributed by atoms with Gasteiger partial charge >= 0.3 is 0 Å². The van der Waals surface area contributed by atoms with Gasteiger partial charge in [0.05, 0.1) is 5.52 Å². The molecule has 0 saturated carbocycles. The zero-order chi connectivity index (χ0) is 38.3. The molecular weight excluding hydrogens is 894 g/mol. The molecule has 6 nitrogen and oxygen atoms in total. The van der Waals surface area contributed by atoms with Crippen LogP contribution in [0.25, 0.3) is 94.0 Å². The van der Waals surface area contributed by atoms with Crippen LogP contribution in [0.2, 0.25) is 0 Å². The molecule has 0 fully saturated rings. The van der Waals surface area contributed by atoms with Gasteiger partial charge in [-0.05, 0) is 84.7 Å². The van der Waals surface area contributed by atoms with Crippen LogP contribution in [0.1, 0.15) is 26.5 Å². The van der Waals surface area contributed by atoms with Crippen molar-refractivity contribution in [3.8, 4) is 22.5 Å². The number of aromatic nitrogens is 5. The van der Waals surface area contributed by atoms with Crippen molar-refractivity contribution in [3.63, 3.8) is 0 Å². The predicted octanol–water partition coefficient (Wildman–Crippen LogP) is 12.8. The van der Waals surface area contributed by atoms with Crippen molar-refractivity contribution in [1.29, 1.82) is 0 Å². The topological polar surface area (TPSA) is 53.2 Å². The number of benzene rings is 6. The van der Waals surface area contributed by atoms with E-state index in [-0.39, 0.29) is 26.5 Å². The summed E-state index contributed by atoms with van der Waals surface area (Å²) in [5.74, 6) is 0. The van der Waals surface area contributed by atoms with Crippen LogP contribution in [0.5, 0.6) is 0 Å². The van der Waals surface area contributed by atoms with Gasteiger partial charge in [0.25, 0.3) is 0 Å². The molecule has 0 aliphatic carbocycles. The minimum Gasteiger partial charge on any atom is -0.522 e. The number of imidazole rings is 1. The zero-order valence-corrected chi connectivity index (χ0v) is 34.3. The summed E-state index contributed by atoms with van der Waals surface area (Å²) in [6.45, 7) is 6.52. The average molecular weight is 930 g/mol. The molecule has 6 aromatic carbocycles. The SMILES string of the molecule is CC(C)(C)c1cc2[c-]c(n1)n1[cH-]n(c3c(-c4ccccc4)cccc3c3ccccc3c3cccc(n3)n3c4[c-]c(ccc4c4ccccc43)o2)-c2ccccc2-1.[Pt]. The largest absolute Gasteiger partial charge is 0.522 e.